The smallest absolute Gasteiger partial charge is 0.0724 e. The highest BCUT2D eigenvalue weighted by atomic mass is 16.3. The second-order valence-corrected chi connectivity index (χ2v) is 5.18. The van der Waals surface area contributed by atoms with Crippen molar-refractivity contribution < 1.29 is 5.11 Å². The van der Waals surface area contributed by atoms with Gasteiger partial charge in [-0.25, -0.2) is 0 Å². The third kappa shape index (κ3) is 3.30. The first-order chi connectivity index (χ1) is 7.90. The Labute approximate surface area is 104 Å². The molecule has 17 heavy (non-hydrogen) atoms. The molecule has 0 aliphatic heterocycles. The van der Waals surface area contributed by atoms with E-state index in [0.29, 0.717) is 0 Å². The first-order valence-corrected chi connectivity index (χ1v) is 6.23. The Morgan fingerprint density at radius 2 is 2.18 bits per heavy atom. The van der Waals surface area contributed by atoms with Crippen molar-refractivity contribution in [3.05, 3.63) is 18.0 Å². The van der Waals surface area contributed by atoms with Gasteiger partial charge in [0.05, 0.1) is 12.3 Å². The highest BCUT2D eigenvalue weighted by Crippen LogP contribution is 2.24. The molecule has 4 nitrogen and oxygen atoms in total. The van der Waals surface area contributed by atoms with Crippen molar-refractivity contribution in [2.24, 2.45) is 7.05 Å². The lowest BCUT2D eigenvalue weighted by Gasteiger charge is -2.40. The third-order valence-corrected chi connectivity index (χ3v) is 3.92. The van der Waals surface area contributed by atoms with Crippen LogP contribution >= 0.6 is 0 Å². The molecule has 1 aromatic heterocycles. The minimum Gasteiger partial charge on any atom is -0.391 e. The zero-order valence-corrected chi connectivity index (χ0v) is 11.6. The molecule has 4 heteroatoms. The molecule has 0 aliphatic rings. The molecule has 0 bridgehead atoms. The second kappa shape index (κ2) is 5.65. The van der Waals surface area contributed by atoms with Crippen LogP contribution in [0.5, 0.6) is 0 Å². The largest absolute Gasteiger partial charge is 0.391 e. The number of aromatic nitrogens is 2. The van der Waals surface area contributed by atoms with Gasteiger partial charge < -0.3 is 10.0 Å². The molecule has 1 N–H and O–H groups in total. The van der Waals surface area contributed by atoms with Crippen LogP contribution in [-0.4, -0.2) is 45.5 Å². The molecule has 1 heterocycles. The minimum atomic E-state index is -0.317. The molecule has 0 radical (unpaired) electrons. The molecule has 1 aromatic rings. The molecule has 0 aromatic carbocycles. The zero-order chi connectivity index (χ0) is 13.1. The summed E-state index contributed by atoms with van der Waals surface area (Å²) < 4.78 is 1.80. The molecule has 0 aliphatic carbocycles. The average Bonchev–Trinajstić information content (AvgIpc) is 2.70. The van der Waals surface area contributed by atoms with Gasteiger partial charge in [0.15, 0.2) is 0 Å². The Kier molecular flexibility index (Phi) is 4.71. The lowest BCUT2D eigenvalue weighted by atomic mass is 9.87. The molecule has 0 saturated heterocycles. The standard InChI is InChI=1S/C13H25N3O/c1-6-13(2,15(3)4)12(17)8-7-11-9-14-16(5)10-11/h9-10,12,17H,6-8H2,1-5H3. The fraction of sp³-hybridized carbons (Fsp3) is 0.769. The maximum absolute atomic E-state index is 10.3. The normalized spacial score (nSPS) is 17.1. The summed E-state index contributed by atoms with van der Waals surface area (Å²) >= 11 is 0. The van der Waals surface area contributed by atoms with Crippen LogP contribution in [0.15, 0.2) is 12.4 Å². The lowest BCUT2D eigenvalue weighted by molar-refractivity contribution is -0.00215. The highest BCUT2D eigenvalue weighted by molar-refractivity contribution is 5.04. The van der Waals surface area contributed by atoms with Crippen molar-refractivity contribution in [3.8, 4) is 0 Å². The quantitative estimate of drug-likeness (QED) is 0.817. The van der Waals surface area contributed by atoms with E-state index in [-0.39, 0.29) is 11.6 Å². The summed E-state index contributed by atoms with van der Waals surface area (Å²) in [5, 5.41) is 14.5. The summed E-state index contributed by atoms with van der Waals surface area (Å²) in [7, 11) is 5.96. The van der Waals surface area contributed by atoms with Crippen molar-refractivity contribution >= 4 is 0 Å². The van der Waals surface area contributed by atoms with E-state index in [0.717, 1.165) is 19.3 Å². The van der Waals surface area contributed by atoms with Gasteiger partial charge in [0.25, 0.3) is 0 Å². The second-order valence-electron chi connectivity index (χ2n) is 5.18. The van der Waals surface area contributed by atoms with Crippen molar-refractivity contribution in [2.75, 3.05) is 14.1 Å². The zero-order valence-electron chi connectivity index (χ0n) is 11.6. The van der Waals surface area contributed by atoms with E-state index in [1.54, 1.807) is 4.68 Å². The van der Waals surface area contributed by atoms with Gasteiger partial charge in [-0.3, -0.25) is 4.68 Å². The summed E-state index contributed by atoms with van der Waals surface area (Å²) in [4.78, 5) is 2.11. The average molecular weight is 239 g/mol. The predicted molar refractivity (Wildman–Crippen MR) is 69.9 cm³/mol. The Hall–Kier alpha value is -0.870. The fourth-order valence-electron chi connectivity index (χ4n) is 2.07. The Morgan fingerprint density at radius 3 is 2.59 bits per heavy atom. The van der Waals surface area contributed by atoms with Gasteiger partial charge in [0.2, 0.25) is 0 Å². The SMILES string of the molecule is CCC(C)(C(O)CCc1cnn(C)c1)N(C)C. The number of aliphatic hydroxyl groups is 1. The van der Waals surface area contributed by atoms with Crippen molar-refractivity contribution in [1.82, 2.24) is 14.7 Å². The monoisotopic (exact) mass is 239 g/mol. The van der Waals surface area contributed by atoms with E-state index in [4.69, 9.17) is 0 Å². The van der Waals surface area contributed by atoms with Crippen LogP contribution < -0.4 is 0 Å². The number of hydrogen-bond donors (Lipinski definition) is 1. The first-order valence-electron chi connectivity index (χ1n) is 6.23. The molecule has 1 rings (SSSR count). The summed E-state index contributed by atoms with van der Waals surface area (Å²) in [6, 6.07) is 0. The molecule has 0 fully saturated rings. The minimum absolute atomic E-state index is 0.151. The van der Waals surface area contributed by atoms with Crippen molar-refractivity contribution in [2.45, 2.75) is 44.8 Å². The van der Waals surface area contributed by atoms with Crippen LogP contribution in [0.1, 0.15) is 32.3 Å². The highest BCUT2D eigenvalue weighted by Gasteiger charge is 2.32. The number of likely N-dealkylation sites (N-methyl/N-ethyl adjacent to an activating group) is 1. The molecule has 2 unspecified atom stereocenters. The molecule has 0 amide bonds. The Bertz CT molecular complexity index is 348. The maximum atomic E-state index is 10.3. The first kappa shape index (κ1) is 14.2. The number of rotatable bonds is 6. The summed E-state index contributed by atoms with van der Waals surface area (Å²) in [6.07, 6.45) is 6.14. The van der Waals surface area contributed by atoms with Crippen molar-refractivity contribution in [1.29, 1.82) is 0 Å². The third-order valence-electron chi connectivity index (χ3n) is 3.92. The lowest BCUT2D eigenvalue weighted by Crippen LogP contribution is -2.50. The topological polar surface area (TPSA) is 41.3 Å². The van der Waals surface area contributed by atoms with Crippen LogP contribution in [0.4, 0.5) is 0 Å². The molecular formula is C13H25N3O. The van der Waals surface area contributed by atoms with Crippen LogP contribution in [0.25, 0.3) is 0 Å². The number of aryl methyl sites for hydroxylation is 2. The van der Waals surface area contributed by atoms with E-state index >= 15 is 0 Å². The van der Waals surface area contributed by atoms with E-state index in [9.17, 15) is 5.11 Å². The van der Waals surface area contributed by atoms with Crippen molar-refractivity contribution in [3.63, 3.8) is 0 Å². The van der Waals surface area contributed by atoms with Crippen LogP contribution in [0.3, 0.4) is 0 Å². The van der Waals surface area contributed by atoms with Crippen LogP contribution in [0, 0.1) is 0 Å². The van der Waals surface area contributed by atoms with Gasteiger partial charge in [-0.05, 0) is 45.8 Å². The summed E-state index contributed by atoms with van der Waals surface area (Å²) in [6.45, 7) is 4.23. The number of hydrogen-bond acceptors (Lipinski definition) is 3. The number of aliphatic hydroxyl groups excluding tert-OH is 1. The van der Waals surface area contributed by atoms with Gasteiger partial charge in [-0.1, -0.05) is 6.92 Å². The maximum Gasteiger partial charge on any atom is 0.0724 e. The van der Waals surface area contributed by atoms with E-state index in [1.165, 1.54) is 5.56 Å². The summed E-state index contributed by atoms with van der Waals surface area (Å²) in [5.41, 5.74) is 1.03. The molecule has 2 atom stereocenters. The van der Waals surface area contributed by atoms with Crippen LogP contribution in [0.2, 0.25) is 0 Å². The molecule has 0 saturated carbocycles. The fourth-order valence-corrected chi connectivity index (χ4v) is 2.07. The molecule has 0 spiro atoms. The van der Waals surface area contributed by atoms with Crippen LogP contribution in [-0.2, 0) is 13.5 Å². The molecular weight excluding hydrogens is 214 g/mol. The predicted octanol–water partition coefficient (Wildman–Crippen LogP) is 1.44. The van der Waals surface area contributed by atoms with Gasteiger partial charge in [0, 0.05) is 18.8 Å². The van der Waals surface area contributed by atoms with Gasteiger partial charge >= 0.3 is 0 Å². The van der Waals surface area contributed by atoms with Gasteiger partial charge in [-0.15, -0.1) is 0 Å². The van der Waals surface area contributed by atoms with Gasteiger partial charge in [-0.2, -0.15) is 5.10 Å². The Morgan fingerprint density at radius 1 is 1.53 bits per heavy atom. The van der Waals surface area contributed by atoms with E-state index in [2.05, 4.69) is 23.8 Å². The molecule has 98 valence electrons. The van der Waals surface area contributed by atoms with E-state index < -0.39 is 0 Å². The van der Waals surface area contributed by atoms with Gasteiger partial charge in [0.1, 0.15) is 0 Å². The van der Waals surface area contributed by atoms with E-state index in [1.807, 2.05) is 33.5 Å². The summed E-state index contributed by atoms with van der Waals surface area (Å²) in [5.74, 6) is 0. The Balaban J connectivity index is 2.56. The number of nitrogens with zero attached hydrogens (tertiary/aromatic N) is 3.